The van der Waals surface area contributed by atoms with Crippen LogP contribution in [-0.2, 0) is 14.4 Å². The summed E-state index contributed by atoms with van der Waals surface area (Å²) >= 11 is 3.35. The molecular formula is C17H21BrN2O5. The first kappa shape index (κ1) is 19.2. The Bertz CT molecular complexity index is 664. The molecule has 1 aromatic carbocycles. The Balaban J connectivity index is 1.80. The number of aliphatic carboxylic acids is 1. The van der Waals surface area contributed by atoms with Crippen LogP contribution in [0.3, 0.4) is 0 Å². The van der Waals surface area contributed by atoms with Crippen LogP contribution in [0, 0.1) is 18.8 Å². The largest absolute Gasteiger partial charge is 0.483 e. The number of hydrogen-bond acceptors (Lipinski definition) is 4. The summed E-state index contributed by atoms with van der Waals surface area (Å²) in [5.74, 6) is -2.78. The molecule has 1 aromatic rings. The minimum Gasteiger partial charge on any atom is -0.483 e. The van der Waals surface area contributed by atoms with Gasteiger partial charge in [0.2, 0.25) is 5.91 Å². The van der Waals surface area contributed by atoms with E-state index in [0.717, 1.165) is 22.9 Å². The monoisotopic (exact) mass is 412 g/mol. The third-order valence-corrected chi connectivity index (χ3v) is 4.81. The molecule has 8 heteroatoms. The van der Waals surface area contributed by atoms with Gasteiger partial charge in [-0.25, -0.2) is 0 Å². The Kier molecular flexibility index (Phi) is 6.81. The van der Waals surface area contributed by atoms with Crippen molar-refractivity contribution in [2.75, 3.05) is 6.61 Å². The van der Waals surface area contributed by atoms with E-state index >= 15 is 0 Å². The van der Waals surface area contributed by atoms with Gasteiger partial charge in [0.1, 0.15) is 5.75 Å². The number of halogens is 1. The van der Waals surface area contributed by atoms with Crippen molar-refractivity contribution in [3.05, 3.63) is 28.2 Å². The number of benzene rings is 1. The van der Waals surface area contributed by atoms with Crippen LogP contribution in [0.4, 0.5) is 0 Å². The first-order valence-electron chi connectivity index (χ1n) is 8.09. The maximum Gasteiger partial charge on any atom is 0.307 e. The first-order valence-corrected chi connectivity index (χ1v) is 8.88. The van der Waals surface area contributed by atoms with E-state index in [9.17, 15) is 19.5 Å². The summed E-state index contributed by atoms with van der Waals surface area (Å²) in [6.45, 7) is 1.67. The van der Waals surface area contributed by atoms with Gasteiger partial charge >= 0.3 is 5.97 Å². The molecule has 0 heterocycles. The number of ether oxygens (including phenoxy) is 1. The zero-order chi connectivity index (χ0) is 18.4. The number of rotatable bonds is 5. The van der Waals surface area contributed by atoms with Gasteiger partial charge in [-0.05, 0) is 53.4 Å². The molecule has 0 aromatic heterocycles. The van der Waals surface area contributed by atoms with Gasteiger partial charge in [0.05, 0.1) is 16.3 Å². The van der Waals surface area contributed by atoms with Crippen LogP contribution in [0.15, 0.2) is 22.7 Å². The van der Waals surface area contributed by atoms with E-state index in [1.165, 1.54) is 0 Å². The van der Waals surface area contributed by atoms with Gasteiger partial charge in [-0.2, -0.15) is 0 Å². The Morgan fingerprint density at radius 3 is 2.52 bits per heavy atom. The van der Waals surface area contributed by atoms with Crippen molar-refractivity contribution in [3.63, 3.8) is 0 Å². The maximum atomic E-state index is 12.1. The van der Waals surface area contributed by atoms with E-state index in [1.807, 2.05) is 19.1 Å². The molecule has 0 saturated heterocycles. The molecule has 1 aliphatic carbocycles. The predicted molar refractivity (Wildman–Crippen MR) is 93.7 cm³/mol. The number of amides is 2. The highest BCUT2D eigenvalue weighted by molar-refractivity contribution is 9.10. The lowest BCUT2D eigenvalue weighted by atomic mass is 9.79. The molecule has 2 amide bonds. The highest BCUT2D eigenvalue weighted by Gasteiger charge is 2.35. The zero-order valence-electron chi connectivity index (χ0n) is 13.9. The molecule has 3 N–H and O–H groups in total. The van der Waals surface area contributed by atoms with Crippen LogP contribution in [0.25, 0.3) is 0 Å². The topological polar surface area (TPSA) is 105 Å². The molecule has 0 unspecified atom stereocenters. The fourth-order valence-electron chi connectivity index (χ4n) is 2.87. The molecule has 1 fully saturated rings. The molecular weight excluding hydrogens is 392 g/mol. The van der Waals surface area contributed by atoms with Gasteiger partial charge in [0.15, 0.2) is 6.61 Å². The number of nitrogens with one attached hydrogen (secondary N) is 2. The summed E-state index contributed by atoms with van der Waals surface area (Å²) < 4.78 is 6.12. The fourth-order valence-corrected chi connectivity index (χ4v) is 3.47. The summed E-state index contributed by atoms with van der Waals surface area (Å²) in [5.41, 5.74) is 5.62. The second kappa shape index (κ2) is 8.84. The van der Waals surface area contributed by atoms with E-state index in [1.54, 1.807) is 6.07 Å². The second-order valence-corrected chi connectivity index (χ2v) is 6.95. The van der Waals surface area contributed by atoms with Crippen molar-refractivity contribution in [1.29, 1.82) is 0 Å². The van der Waals surface area contributed by atoms with Crippen LogP contribution in [0.5, 0.6) is 5.75 Å². The van der Waals surface area contributed by atoms with Gasteiger partial charge in [0, 0.05) is 0 Å². The van der Waals surface area contributed by atoms with Crippen molar-refractivity contribution in [2.24, 2.45) is 11.8 Å². The van der Waals surface area contributed by atoms with Crippen LogP contribution < -0.4 is 15.6 Å². The summed E-state index contributed by atoms with van der Waals surface area (Å²) in [6.07, 6.45) is 2.59. The minimum atomic E-state index is -0.973. The molecule has 2 rings (SSSR count). The van der Waals surface area contributed by atoms with E-state index in [4.69, 9.17) is 4.74 Å². The van der Waals surface area contributed by atoms with Gasteiger partial charge in [-0.3, -0.25) is 25.2 Å². The predicted octanol–water partition coefficient (Wildman–Crippen LogP) is 2.17. The molecule has 2 atom stereocenters. The number of aryl methyl sites for hydroxylation is 1. The third kappa shape index (κ3) is 5.45. The van der Waals surface area contributed by atoms with E-state index in [-0.39, 0.29) is 6.61 Å². The molecule has 25 heavy (non-hydrogen) atoms. The quantitative estimate of drug-likeness (QED) is 0.642. The summed E-state index contributed by atoms with van der Waals surface area (Å²) in [7, 11) is 0. The minimum absolute atomic E-state index is 0.269. The van der Waals surface area contributed by atoms with Crippen molar-refractivity contribution >= 4 is 33.7 Å². The maximum absolute atomic E-state index is 12.1. The SMILES string of the molecule is Cc1ccc(OCC(=O)NNC(=O)[C@@H]2CCCC[C@@H]2C(=O)O)c(Br)c1. The van der Waals surface area contributed by atoms with Gasteiger partial charge in [-0.15, -0.1) is 0 Å². The lowest BCUT2D eigenvalue weighted by Crippen LogP contribution is -2.49. The van der Waals surface area contributed by atoms with Crippen LogP contribution >= 0.6 is 15.9 Å². The highest BCUT2D eigenvalue weighted by Crippen LogP contribution is 2.30. The van der Waals surface area contributed by atoms with Crippen molar-refractivity contribution in [3.8, 4) is 5.75 Å². The first-order chi connectivity index (χ1) is 11.9. The Morgan fingerprint density at radius 2 is 1.88 bits per heavy atom. The second-order valence-electron chi connectivity index (χ2n) is 6.10. The van der Waals surface area contributed by atoms with Gasteiger partial charge < -0.3 is 9.84 Å². The molecule has 136 valence electrons. The summed E-state index contributed by atoms with van der Waals surface area (Å²) in [5, 5.41) is 9.20. The van der Waals surface area contributed by atoms with Crippen LogP contribution in [-0.4, -0.2) is 29.5 Å². The number of carboxylic acid groups (broad SMARTS) is 1. The molecule has 1 saturated carbocycles. The Hall–Kier alpha value is -2.09. The summed E-state index contributed by atoms with van der Waals surface area (Å²) in [6, 6.07) is 5.46. The average Bonchev–Trinajstić information content (AvgIpc) is 2.58. The van der Waals surface area contributed by atoms with Crippen molar-refractivity contribution in [2.45, 2.75) is 32.6 Å². The molecule has 0 bridgehead atoms. The molecule has 0 aliphatic heterocycles. The molecule has 0 spiro atoms. The fraction of sp³-hybridized carbons (Fsp3) is 0.471. The molecule has 1 aliphatic rings. The Labute approximate surface area is 154 Å². The number of carbonyl (C=O) groups excluding carboxylic acids is 2. The van der Waals surface area contributed by atoms with E-state index < -0.39 is 29.6 Å². The smallest absolute Gasteiger partial charge is 0.307 e. The summed E-state index contributed by atoms with van der Waals surface area (Å²) in [4.78, 5) is 35.2. The van der Waals surface area contributed by atoms with Crippen LogP contribution in [0.1, 0.15) is 31.2 Å². The van der Waals surface area contributed by atoms with Crippen molar-refractivity contribution in [1.82, 2.24) is 10.9 Å². The average molecular weight is 413 g/mol. The van der Waals surface area contributed by atoms with E-state index in [2.05, 4.69) is 26.8 Å². The standard InChI is InChI=1S/C17H21BrN2O5/c1-10-6-7-14(13(18)8-10)25-9-15(21)19-20-16(22)11-4-2-3-5-12(11)17(23)24/h6-8,11-12H,2-5,9H2,1H3,(H,19,21)(H,20,22)(H,23,24)/t11-,12+/m1/s1. The molecule has 7 nitrogen and oxygen atoms in total. The number of hydrogen-bond donors (Lipinski definition) is 3. The Morgan fingerprint density at radius 1 is 1.20 bits per heavy atom. The van der Waals surface area contributed by atoms with Gasteiger partial charge in [-0.1, -0.05) is 18.9 Å². The lowest BCUT2D eigenvalue weighted by Gasteiger charge is -2.27. The number of carbonyl (C=O) groups is 3. The van der Waals surface area contributed by atoms with E-state index in [0.29, 0.717) is 18.6 Å². The number of carboxylic acids is 1. The highest BCUT2D eigenvalue weighted by atomic mass is 79.9. The third-order valence-electron chi connectivity index (χ3n) is 4.19. The zero-order valence-corrected chi connectivity index (χ0v) is 15.5. The number of hydrazine groups is 1. The molecule has 0 radical (unpaired) electrons. The lowest BCUT2D eigenvalue weighted by molar-refractivity contribution is -0.149. The normalized spacial score (nSPS) is 19.8. The van der Waals surface area contributed by atoms with Crippen LogP contribution in [0.2, 0.25) is 0 Å². The van der Waals surface area contributed by atoms with Crippen molar-refractivity contribution < 1.29 is 24.2 Å². The van der Waals surface area contributed by atoms with Gasteiger partial charge in [0.25, 0.3) is 5.91 Å².